The van der Waals surface area contributed by atoms with Crippen LogP contribution in [0.5, 0.6) is 0 Å². The van der Waals surface area contributed by atoms with Crippen molar-refractivity contribution in [3.8, 4) is 6.07 Å². The third-order valence-electron chi connectivity index (χ3n) is 2.22. The van der Waals surface area contributed by atoms with Gasteiger partial charge in [-0.15, -0.1) is 0 Å². The summed E-state index contributed by atoms with van der Waals surface area (Å²) in [6.45, 7) is 4.60. The molecule has 0 bridgehead atoms. The molecule has 1 aromatic heterocycles. The van der Waals surface area contributed by atoms with Gasteiger partial charge < -0.3 is 10.0 Å². The second-order valence-electron chi connectivity index (χ2n) is 3.53. The van der Waals surface area contributed by atoms with Gasteiger partial charge in [0.05, 0.1) is 6.42 Å². The van der Waals surface area contributed by atoms with Crippen LogP contribution >= 0.6 is 0 Å². The highest BCUT2D eigenvalue weighted by molar-refractivity contribution is 5.67. The molecule has 6 heteroatoms. The minimum atomic E-state index is -0.864. The highest BCUT2D eigenvalue weighted by Gasteiger charge is 2.11. The summed E-state index contributed by atoms with van der Waals surface area (Å²) in [6, 6.07) is 3.55. The highest BCUT2D eigenvalue weighted by atomic mass is 16.4. The molecular formula is C11H14N4O2. The summed E-state index contributed by atoms with van der Waals surface area (Å²) < 4.78 is 0. The molecule has 1 aromatic rings. The summed E-state index contributed by atoms with van der Waals surface area (Å²) >= 11 is 0. The maximum atomic E-state index is 10.5. The van der Waals surface area contributed by atoms with Gasteiger partial charge in [-0.2, -0.15) is 5.26 Å². The van der Waals surface area contributed by atoms with Crippen molar-refractivity contribution in [1.29, 1.82) is 5.26 Å². The normalized spacial score (nSPS) is 9.71. The smallest absolute Gasteiger partial charge is 0.305 e. The first kappa shape index (κ1) is 12.9. The van der Waals surface area contributed by atoms with Crippen molar-refractivity contribution in [3.63, 3.8) is 0 Å². The van der Waals surface area contributed by atoms with Gasteiger partial charge in [0.25, 0.3) is 0 Å². The summed E-state index contributed by atoms with van der Waals surface area (Å²) in [4.78, 5) is 20.5. The second kappa shape index (κ2) is 5.80. The number of rotatable bonds is 5. The molecule has 1 N–H and O–H groups in total. The lowest BCUT2D eigenvalue weighted by Gasteiger charge is -2.20. The standard InChI is InChI=1S/C11H14N4O2/c1-3-15(5-4-10(16)17)11-13-8(2)6-9(7-12)14-11/h6H,3-5H2,1-2H3,(H,16,17). The van der Waals surface area contributed by atoms with Gasteiger partial charge in [-0.05, 0) is 19.9 Å². The van der Waals surface area contributed by atoms with Gasteiger partial charge in [0.15, 0.2) is 0 Å². The molecule has 0 fully saturated rings. The van der Waals surface area contributed by atoms with Gasteiger partial charge >= 0.3 is 5.97 Å². The first-order chi connectivity index (χ1) is 8.06. The Hall–Kier alpha value is -2.16. The molecule has 1 rings (SSSR count). The van der Waals surface area contributed by atoms with E-state index in [0.29, 0.717) is 30.4 Å². The van der Waals surface area contributed by atoms with Gasteiger partial charge in [0.1, 0.15) is 11.8 Å². The van der Waals surface area contributed by atoms with Crippen molar-refractivity contribution in [1.82, 2.24) is 9.97 Å². The van der Waals surface area contributed by atoms with E-state index in [1.807, 2.05) is 13.0 Å². The molecule has 0 unspecified atom stereocenters. The van der Waals surface area contributed by atoms with E-state index in [9.17, 15) is 4.79 Å². The number of carboxylic acid groups (broad SMARTS) is 1. The fourth-order valence-electron chi connectivity index (χ4n) is 1.38. The zero-order valence-electron chi connectivity index (χ0n) is 9.84. The van der Waals surface area contributed by atoms with E-state index in [2.05, 4.69) is 9.97 Å². The number of nitriles is 1. The molecule has 0 atom stereocenters. The van der Waals surface area contributed by atoms with E-state index in [1.165, 1.54) is 0 Å². The Labute approximate surface area is 99.5 Å². The van der Waals surface area contributed by atoms with Crippen molar-refractivity contribution in [2.75, 3.05) is 18.0 Å². The van der Waals surface area contributed by atoms with Crippen LogP contribution in [0, 0.1) is 18.3 Å². The fraction of sp³-hybridized carbons (Fsp3) is 0.455. The first-order valence-electron chi connectivity index (χ1n) is 5.29. The van der Waals surface area contributed by atoms with E-state index in [1.54, 1.807) is 17.9 Å². The molecule has 0 spiro atoms. The zero-order chi connectivity index (χ0) is 12.8. The van der Waals surface area contributed by atoms with E-state index < -0.39 is 5.97 Å². The first-order valence-corrected chi connectivity index (χ1v) is 5.29. The predicted octanol–water partition coefficient (Wildman–Crippen LogP) is 0.958. The van der Waals surface area contributed by atoms with Crippen LogP contribution in [0.1, 0.15) is 24.7 Å². The molecule has 0 radical (unpaired) electrons. The number of anilines is 1. The molecule has 90 valence electrons. The molecule has 0 amide bonds. The third kappa shape index (κ3) is 3.72. The monoisotopic (exact) mass is 234 g/mol. The van der Waals surface area contributed by atoms with E-state index >= 15 is 0 Å². The lowest BCUT2D eigenvalue weighted by atomic mass is 10.3. The van der Waals surface area contributed by atoms with Crippen LogP contribution in [0.2, 0.25) is 0 Å². The molecule has 0 saturated carbocycles. The lowest BCUT2D eigenvalue weighted by Crippen LogP contribution is -2.28. The minimum Gasteiger partial charge on any atom is -0.481 e. The fourth-order valence-corrected chi connectivity index (χ4v) is 1.38. The van der Waals surface area contributed by atoms with Gasteiger partial charge in [0, 0.05) is 18.8 Å². The Balaban J connectivity index is 2.91. The SMILES string of the molecule is CCN(CCC(=O)O)c1nc(C)cc(C#N)n1. The summed E-state index contributed by atoms with van der Waals surface area (Å²) in [5, 5.41) is 17.4. The van der Waals surface area contributed by atoms with Crippen LogP contribution in [0.3, 0.4) is 0 Å². The molecule has 6 nitrogen and oxygen atoms in total. The maximum absolute atomic E-state index is 10.5. The summed E-state index contributed by atoms with van der Waals surface area (Å²) in [5.74, 6) is -0.457. The number of hydrogen-bond acceptors (Lipinski definition) is 5. The molecule has 17 heavy (non-hydrogen) atoms. The Morgan fingerprint density at radius 3 is 2.82 bits per heavy atom. The number of carbonyl (C=O) groups is 1. The number of aliphatic carboxylic acids is 1. The molecule has 1 heterocycles. The van der Waals surface area contributed by atoms with E-state index in [4.69, 9.17) is 10.4 Å². The van der Waals surface area contributed by atoms with Crippen molar-refractivity contribution in [3.05, 3.63) is 17.5 Å². The average Bonchev–Trinajstić information content (AvgIpc) is 2.28. The molecule has 0 saturated heterocycles. The van der Waals surface area contributed by atoms with Crippen molar-refractivity contribution in [2.24, 2.45) is 0 Å². The van der Waals surface area contributed by atoms with Gasteiger partial charge in [-0.25, -0.2) is 9.97 Å². The van der Waals surface area contributed by atoms with Crippen LogP contribution in [0.4, 0.5) is 5.95 Å². The van der Waals surface area contributed by atoms with Gasteiger partial charge in [-0.3, -0.25) is 4.79 Å². The molecule has 0 aliphatic carbocycles. The largest absolute Gasteiger partial charge is 0.481 e. The molecular weight excluding hydrogens is 220 g/mol. The minimum absolute atomic E-state index is 0.0209. The van der Waals surface area contributed by atoms with Crippen LogP contribution in [0.15, 0.2) is 6.07 Å². The topological polar surface area (TPSA) is 90.1 Å². The van der Waals surface area contributed by atoms with Crippen LogP contribution in [0.25, 0.3) is 0 Å². The Bertz CT molecular complexity index is 453. The summed E-state index contributed by atoms with van der Waals surface area (Å²) in [6.07, 6.45) is 0.0209. The number of carboxylic acids is 1. The number of nitrogens with zero attached hydrogens (tertiary/aromatic N) is 4. The quantitative estimate of drug-likeness (QED) is 0.816. The number of aromatic nitrogens is 2. The predicted molar refractivity (Wildman–Crippen MR) is 61.6 cm³/mol. The zero-order valence-corrected chi connectivity index (χ0v) is 9.84. The average molecular weight is 234 g/mol. The maximum Gasteiger partial charge on any atom is 0.305 e. The van der Waals surface area contributed by atoms with Crippen molar-refractivity contribution < 1.29 is 9.90 Å². The molecule has 0 aromatic carbocycles. The second-order valence-corrected chi connectivity index (χ2v) is 3.53. The van der Waals surface area contributed by atoms with E-state index in [-0.39, 0.29) is 6.42 Å². The Kier molecular flexibility index (Phi) is 4.40. The Morgan fingerprint density at radius 2 is 2.29 bits per heavy atom. The van der Waals surface area contributed by atoms with Crippen molar-refractivity contribution in [2.45, 2.75) is 20.3 Å². The summed E-state index contributed by atoms with van der Waals surface area (Å²) in [5.41, 5.74) is 0.988. The molecule has 0 aliphatic heterocycles. The van der Waals surface area contributed by atoms with Crippen LogP contribution < -0.4 is 4.90 Å². The van der Waals surface area contributed by atoms with Gasteiger partial charge in [0.2, 0.25) is 5.95 Å². The summed E-state index contributed by atoms with van der Waals surface area (Å²) in [7, 11) is 0. The molecule has 0 aliphatic rings. The number of aryl methyl sites for hydroxylation is 1. The Morgan fingerprint density at radius 1 is 1.59 bits per heavy atom. The van der Waals surface area contributed by atoms with E-state index in [0.717, 1.165) is 0 Å². The number of hydrogen-bond donors (Lipinski definition) is 1. The van der Waals surface area contributed by atoms with Crippen LogP contribution in [-0.4, -0.2) is 34.1 Å². The lowest BCUT2D eigenvalue weighted by molar-refractivity contribution is -0.136. The van der Waals surface area contributed by atoms with Crippen LogP contribution in [-0.2, 0) is 4.79 Å². The van der Waals surface area contributed by atoms with Gasteiger partial charge in [-0.1, -0.05) is 0 Å². The van der Waals surface area contributed by atoms with Crippen molar-refractivity contribution >= 4 is 11.9 Å². The highest BCUT2D eigenvalue weighted by Crippen LogP contribution is 2.10. The third-order valence-corrected chi connectivity index (χ3v) is 2.22.